The number of pyridine rings is 1. The van der Waals surface area contributed by atoms with E-state index in [9.17, 15) is 0 Å². The summed E-state index contributed by atoms with van der Waals surface area (Å²) in [4.78, 5) is 109. The molecule has 18 heterocycles. The molecule has 5 aliphatic heterocycles. The molecule has 0 amide bonds. The molecular weight excluding hydrogens is 1790 g/mol. The minimum absolute atomic E-state index is 0.245. The normalized spacial score (nSPS) is 15.5. The second kappa shape index (κ2) is 70.1. The summed E-state index contributed by atoms with van der Waals surface area (Å²) in [5, 5.41) is 12.4. The summed E-state index contributed by atoms with van der Waals surface area (Å²) in [6, 6.07) is 29.3. The maximum Gasteiger partial charge on any atom is 0.216 e. The van der Waals surface area contributed by atoms with Gasteiger partial charge in [0.1, 0.15) is 142 Å². The largest absolute Gasteiger partial charge is 0.478 e. The summed E-state index contributed by atoms with van der Waals surface area (Å²) in [7, 11) is 11.4. The van der Waals surface area contributed by atoms with Crippen LogP contribution in [-0.4, -0.2) is 314 Å². The summed E-state index contributed by atoms with van der Waals surface area (Å²) in [6.45, 7) is 17.7. The van der Waals surface area contributed by atoms with Crippen LogP contribution < -0.4 is 59.8 Å². The molecule has 13 aromatic heterocycles. The number of nitrogens with one attached hydrogen (secondary N) is 4. The smallest absolute Gasteiger partial charge is 0.216 e. The topological polar surface area (TPSA) is 470 Å². The zero-order valence-corrected chi connectivity index (χ0v) is 81.2. The third-order valence-corrected chi connectivity index (χ3v) is 21.0. The highest BCUT2D eigenvalue weighted by molar-refractivity contribution is 5.41. The maximum atomic E-state index is 5.41. The number of nitrogens with zero attached hydrogens (tertiary/aromatic N) is 30. The highest BCUT2D eigenvalue weighted by Crippen LogP contribution is 2.29. The van der Waals surface area contributed by atoms with Gasteiger partial charge in [0.2, 0.25) is 23.5 Å². The lowest BCUT2D eigenvalue weighted by molar-refractivity contribution is 0.0662. The van der Waals surface area contributed by atoms with Crippen LogP contribution in [0.5, 0.6) is 23.5 Å². The van der Waals surface area contributed by atoms with Crippen molar-refractivity contribution >= 4 is 46.5 Å². The van der Waals surface area contributed by atoms with Crippen molar-refractivity contribution in [1.29, 1.82) is 0 Å². The van der Waals surface area contributed by atoms with Gasteiger partial charge in [-0.1, -0.05) is 6.07 Å². The van der Waals surface area contributed by atoms with Crippen molar-refractivity contribution < 1.29 is 42.6 Å². The lowest BCUT2D eigenvalue weighted by atomic mass is 9.93. The first-order chi connectivity index (χ1) is 69.1. The molecule has 2 saturated carbocycles. The molecule has 0 aromatic carbocycles. The van der Waals surface area contributed by atoms with Crippen molar-refractivity contribution in [3.05, 3.63) is 253 Å². The van der Waals surface area contributed by atoms with Gasteiger partial charge < -0.3 is 88.4 Å². The average molecular weight is 1920 g/mol. The molecule has 140 heavy (non-hydrogen) atoms. The van der Waals surface area contributed by atoms with Crippen LogP contribution in [0.3, 0.4) is 0 Å². The van der Waals surface area contributed by atoms with Gasteiger partial charge in [-0.2, -0.15) is 0 Å². The fourth-order valence-corrected chi connectivity index (χ4v) is 12.5. The zero-order valence-electron chi connectivity index (χ0n) is 81.2. The number of likely N-dealkylation sites (N-methyl/N-ethyl adjacent to an activating group) is 1. The molecule has 43 heteroatoms. The van der Waals surface area contributed by atoms with E-state index in [1.807, 2.05) is 74.8 Å². The van der Waals surface area contributed by atoms with Gasteiger partial charge in [0.05, 0.1) is 43.8 Å². The van der Waals surface area contributed by atoms with Crippen LogP contribution >= 0.6 is 0 Å². The van der Waals surface area contributed by atoms with Gasteiger partial charge in [0.25, 0.3) is 0 Å². The highest BCUT2D eigenvalue weighted by Gasteiger charge is 2.27. The average Bonchev–Trinajstić information content (AvgIpc) is 1.64. The number of anilines is 8. The minimum Gasteiger partial charge on any atom is -0.478 e. The Morgan fingerprint density at radius 1 is 0.364 bits per heavy atom. The summed E-state index contributed by atoms with van der Waals surface area (Å²) in [5.74, 6) is 10.0. The molecule has 0 spiro atoms. The van der Waals surface area contributed by atoms with E-state index in [1.165, 1.54) is 82.8 Å². The van der Waals surface area contributed by atoms with Crippen molar-refractivity contribution in [2.24, 2.45) is 0 Å². The van der Waals surface area contributed by atoms with Crippen molar-refractivity contribution in [1.82, 2.24) is 129 Å². The summed E-state index contributed by atoms with van der Waals surface area (Å²) in [5.41, 5.74) is 0.992. The molecule has 4 N–H and O–H groups in total. The maximum absolute atomic E-state index is 5.41. The predicted octanol–water partition coefficient (Wildman–Crippen LogP) is 11.3. The molecule has 3 atom stereocenters. The van der Waals surface area contributed by atoms with E-state index in [2.05, 4.69) is 191 Å². The van der Waals surface area contributed by atoms with E-state index >= 15 is 0 Å². The Bertz CT molecular complexity index is 4840. The van der Waals surface area contributed by atoms with Crippen molar-refractivity contribution in [3.63, 3.8) is 0 Å². The SMILES string of the molecule is CCN(C)c1ccncn1.CN(c1ccncn1)C1CC1.CN1CCN(c2ccncn2)CC1.CNc1ccncn1.COCCCCOc1ccncn1.COCCNc1ccncn1.c1cc(N2CCC2)ncn1.c1cc(NC2CCC2)ncn1.c1cc(OCC2CCCO2)ncn1.c1cc(OCC2CCCO2)ncn1.c1cc(OCC2CCCO2)ncn1.c1ccc(CNc2ccncn2)nc1. The molecular formula is C97H134N34O9. The van der Waals surface area contributed by atoms with Crippen LogP contribution in [0.2, 0.25) is 0 Å². The minimum atomic E-state index is 0.245. The fourth-order valence-electron chi connectivity index (χ4n) is 12.5. The Morgan fingerprint density at radius 2 is 0.771 bits per heavy atom. The van der Waals surface area contributed by atoms with E-state index in [0.29, 0.717) is 69.1 Å². The fraction of sp³-hybridized carbons (Fsp3) is 0.454. The lowest BCUT2D eigenvalue weighted by Gasteiger charge is -2.32. The van der Waals surface area contributed by atoms with Crippen molar-refractivity contribution in [2.75, 3.05) is 195 Å². The first-order valence-corrected chi connectivity index (χ1v) is 47.0. The molecule has 0 radical (unpaired) electrons. The number of ether oxygens (including phenoxy) is 9. The molecule has 2 aliphatic carbocycles. The van der Waals surface area contributed by atoms with E-state index < -0.39 is 0 Å². The number of aromatic nitrogens is 25. The van der Waals surface area contributed by atoms with Crippen LogP contribution in [0.4, 0.5) is 46.5 Å². The van der Waals surface area contributed by atoms with Crippen molar-refractivity contribution in [3.8, 4) is 23.5 Å². The van der Waals surface area contributed by atoms with E-state index in [-0.39, 0.29) is 18.3 Å². The molecule has 43 nitrogen and oxygen atoms in total. The van der Waals surface area contributed by atoms with Gasteiger partial charge in [-0.3, -0.25) is 4.98 Å². The summed E-state index contributed by atoms with van der Waals surface area (Å²) >= 11 is 0. The third kappa shape index (κ3) is 48.5. The molecule has 20 rings (SSSR count). The van der Waals surface area contributed by atoms with Gasteiger partial charge in [0, 0.05) is 231 Å². The van der Waals surface area contributed by atoms with Crippen molar-refractivity contribution in [2.45, 2.75) is 134 Å². The van der Waals surface area contributed by atoms with E-state index in [4.69, 9.17) is 42.6 Å². The second-order valence-corrected chi connectivity index (χ2v) is 31.3. The lowest BCUT2D eigenvalue weighted by Crippen LogP contribution is -2.44. The second-order valence-electron chi connectivity index (χ2n) is 31.3. The zero-order chi connectivity index (χ0) is 98.1. The van der Waals surface area contributed by atoms with Gasteiger partial charge in [-0.25, -0.2) is 120 Å². The van der Waals surface area contributed by atoms with Gasteiger partial charge in [0.15, 0.2) is 0 Å². The van der Waals surface area contributed by atoms with Crippen LogP contribution in [0.15, 0.2) is 247 Å². The standard InChI is InChI=1S/C10H10N4.C9H14N4.3C9H12N2O2.C9H14N2O2.2C8H11N3.C7H11N3O.C7H9N3.C7H11N3.C5H7N3/c1-2-5-12-9(3-1)7-13-10-4-6-11-8-14-10;1-12-4-6-13(7-5-12)9-2-3-10-8-11-9;3*1-2-8(12-5-1)6-13-9-3-4-10-7-11-9;1-12-6-2-3-7-13-9-4-5-10-8-11-9;1-11(7-2-3-7)8-4-5-9-6-10-8;1-2-7(3-1)11-8-4-5-9-6-10-8;1-11-5-4-9-7-2-3-8-6-10-7;1-4-10(5-1)7-2-3-8-6-9-7;1-3-10(2)7-4-5-8-6-9-7;1-6-5-2-3-7-4-8-5/h1-6,8H,7H2,(H,11,13,14);2-3,8H,4-7H2,1H3;3*3-4,7-8H,1-2,5-6H2;4-5,8H,2-3,6-7H2,1H3;4-7H,2-3H2,1H3;4-7H,1-3H2,(H,9,10,11);2-3,6H,4-5H2,1H3,(H,8,9,10);2-3,6H,1,4-5H2;4-6H,3H2,1-2H3;2-4H,1H3,(H,6,7,8). The Kier molecular flexibility index (Phi) is 54.7. The Balaban J connectivity index is 0.000000171. The molecule has 7 fully saturated rings. The first-order valence-electron chi connectivity index (χ1n) is 47.0. The monoisotopic (exact) mass is 1920 g/mol. The van der Waals surface area contributed by atoms with Crippen LogP contribution in [0.25, 0.3) is 0 Å². The first kappa shape index (κ1) is 109. The van der Waals surface area contributed by atoms with Crippen LogP contribution in [0.1, 0.15) is 103 Å². The number of unbranched alkanes of at least 4 members (excludes halogenated alkanes) is 1. The Morgan fingerprint density at radius 3 is 1.12 bits per heavy atom. The van der Waals surface area contributed by atoms with Gasteiger partial charge >= 0.3 is 0 Å². The Hall–Kier alpha value is -14.5. The Labute approximate surface area is 820 Å². The quantitative estimate of drug-likeness (QED) is 0.0293. The molecule has 0 bridgehead atoms. The van der Waals surface area contributed by atoms with Crippen LogP contribution in [0, 0.1) is 0 Å². The highest BCUT2D eigenvalue weighted by atomic mass is 16.6. The predicted molar refractivity (Wildman–Crippen MR) is 534 cm³/mol. The summed E-state index contributed by atoms with van der Waals surface area (Å²) in [6.07, 6.45) is 58.0. The molecule has 13 aromatic rings. The summed E-state index contributed by atoms with van der Waals surface area (Å²) < 4.78 is 47.6. The van der Waals surface area contributed by atoms with Gasteiger partial charge in [-0.05, 0) is 165 Å². The van der Waals surface area contributed by atoms with E-state index in [0.717, 1.165) is 188 Å². The number of hydrogen-bond acceptors (Lipinski definition) is 43. The molecule has 5 saturated heterocycles. The molecule has 746 valence electrons. The van der Waals surface area contributed by atoms with E-state index in [1.54, 1.807) is 157 Å². The number of methoxy groups -OCH3 is 2. The van der Waals surface area contributed by atoms with Crippen LogP contribution in [-0.2, 0) is 30.2 Å². The number of rotatable bonds is 31. The third-order valence-electron chi connectivity index (χ3n) is 21.0. The number of hydrogen-bond donors (Lipinski definition) is 4. The number of piperazine rings is 1. The molecule has 3 unspecified atom stereocenters. The van der Waals surface area contributed by atoms with Gasteiger partial charge in [-0.15, -0.1) is 0 Å². The molecule has 7 aliphatic rings.